The Labute approximate surface area is 98.0 Å². The predicted octanol–water partition coefficient (Wildman–Crippen LogP) is 2.16. The molecule has 0 unspecified atom stereocenters. The first kappa shape index (κ1) is 15.5. The van der Waals surface area contributed by atoms with Gasteiger partial charge in [-0.2, -0.15) is 13.2 Å². The van der Waals surface area contributed by atoms with Crippen LogP contribution in [0, 0.1) is 5.92 Å². The van der Waals surface area contributed by atoms with E-state index >= 15 is 0 Å². The van der Waals surface area contributed by atoms with E-state index in [2.05, 4.69) is 0 Å². The lowest BCUT2D eigenvalue weighted by molar-refractivity contribution is -0.150. The molecule has 0 saturated carbocycles. The maximum Gasteiger partial charge on any atom is 0.401 e. The third-order valence-corrected chi connectivity index (χ3v) is 2.57. The van der Waals surface area contributed by atoms with Crippen molar-refractivity contribution >= 4 is 18.4 Å². The molecule has 0 radical (unpaired) electrons. The second-order valence-electron chi connectivity index (χ2n) is 3.93. The Morgan fingerprint density at radius 2 is 1.81 bits per heavy atom. The van der Waals surface area contributed by atoms with Gasteiger partial charge >= 0.3 is 12.1 Å². The number of nitrogens with zero attached hydrogens (tertiary/aromatic N) is 1. The van der Waals surface area contributed by atoms with Crippen LogP contribution in [0.4, 0.5) is 13.2 Å². The molecule has 0 atom stereocenters. The van der Waals surface area contributed by atoms with Gasteiger partial charge in [0.1, 0.15) is 0 Å². The minimum atomic E-state index is -4.15. The number of hydrogen-bond donors (Lipinski definition) is 1. The summed E-state index contributed by atoms with van der Waals surface area (Å²) in [5.41, 5.74) is 0. The van der Waals surface area contributed by atoms with Crippen LogP contribution < -0.4 is 0 Å². The number of carbonyl (C=O) groups is 1. The quantitative estimate of drug-likeness (QED) is 0.846. The van der Waals surface area contributed by atoms with Gasteiger partial charge in [-0.1, -0.05) is 0 Å². The van der Waals surface area contributed by atoms with Gasteiger partial charge in [0.05, 0.1) is 6.54 Å². The molecule has 0 aromatic heterocycles. The minimum Gasteiger partial charge on any atom is -0.481 e. The third kappa shape index (κ3) is 6.17. The Bertz CT molecular complexity index is 227. The number of piperidine rings is 1. The molecule has 7 heteroatoms. The van der Waals surface area contributed by atoms with Gasteiger partial charge < -0.3 is 5.11 Å². The molecule has 1 aliphatic heterocycles. The van der Waals surface area contributed by atoms with Crippen molar-refractivity contribution < 1.29 is 23.1 Å². The van der Waals surface area contributed by atoms with E-state index in [0.29, 0.717) is 25.9 Å². The predicted molar refractivity (Wildman–Crippen MR) is 54.7 cm³/mol. The van der Waals surface area contributed by atoms with Gasteiger partial charge in [-0.15, -0.1) is 12.4 Å². The fourth-order valence-corrected chi connectivity index (χ4v) is 1.85. The summed E-state index contributed by atoms with van der Waals surface area (Å²) >= 11 is 0. The number of halogens is 4. The SMILES string of the molecule is Cl.O=C(O)CC1CCN(CC(F)(F)F)CC1. The summed E-state index contributed by atoms with van der Waals surface area (Å²) in [6, 6.07) is 0. The van der Waals surface area contributed by atoms with Crippen molar-refractivity contribution in [3.05, 3.63) is 0 Å². The molecule has 96 valence electrons. The Morgan fingerprint density at radius 3 is 2.19 bits per heavy atom. The summed E-state index contributed by atoms with van der Waals surface area (Å²) in [5, 5.41) is 8.52. The van der Waals surface area contributed by atoms with Crippen molar-refractivity contribution in [3.8, 4) is 0 Å². The van der Waals surface area contributed by atoms with E-state index in [-0.39, 0.29) is 24.7 Å². The fourth-order valence-electron chi connectivity index (χ4n) is 1.85. The molecule has 0 aromatic rings. The van der Waals surface area contributed by atoms with E-state index in [1.165, 1.54) is 4.90 Å². The number of alkyl halides is 3. The highest BCUT2D eigenvalue weighted by atomic mass is 35.5. The Kier molecular flexibility index (Phi) is 6.10. The average Bonchev–Trinajstić information content (AvgIpc) is 2.05. The summed E-state index contributed by atoms with van der Waals surface area (Å²) in [5.74, 6) is -0.837. The maximum absolute atomic E-state index is 12.0. The standard InChI is InChI=1S/C9H14F3NO2.ClH/c10-9(11,12)6-13-3-1-7(2-4-13)5-8(14)15;/h7H,1-6H2,(H,14,15);1H. The molecule has 0 spiro atoms. The van der Waals surface area contributed by atoms with Crippen LogP contribution in [-0.2, 0) is 4.79 Å². The molecular formula is C9H15ClF3NO2. The third-order valence-electron chi connectivity index (χ3n) is 2.57. The Balaban J connectivity index is 0.00000225. The average molecular weight is 262 g/mol. The van der Waals surface area contributed by atoms with Gasteiger partial charge in [0.25, 0.3) is 0 Å². The molecule has 1 fully saturated rings. The van der Waals surface area contributed by atoms with Crippen LogP contribution >= 0.6 is 12.4 Å². The van der Waals surface area contributed by atoms with Gasteiger partial charge in [-0.3, -0.25) is 9.69 Å². The molecule has 1 aliphatic rings. The van der Waals surface area contributed by atoms with Crippen LogP contribution in [0.1, 0.15) is 19.3 Å². The monoisotopic (exact) mass is 261 g/mol. The minimum absolute atomic E-state index is 0. The van der Waals surface area contributed by atoms with E-state index in [1.54, 1.807) is 0 Å². The summed E-state index contributed by atoms with van der Waals surface area (Å²) in [6.07, 6.45) is -3.00. The van der Waals surface area contributed by atoms with Crippen LogP contribution in [0.15, 0.2) is 0 Å². The van der Waals surface area contributed by atoms with Crippen LogP contribution in [0.2, 0.25) is 0 Å². The first-order valence-corrected chi connectivity index (χ1v) is 4.88. The van der Waals surface area contributed by atoms with E-state index < -0.39 is 18.7 Å². The van der Waals surface area contributed by atoms with Gasteiger partial charge in [-0.05, 0) is 31.8 Å². The number of carboxylic acid groups (broad SMARTS) is 1. The van der Waals surface area contributed by atoms with Crippen molar-refractivity contribution in [2.24, 2.45) is 5.92 Å². The topological polar surface area (TPSA) is 40.5 Å². The Hall–Kier alpha value is -0.490. The van der Waals surface area contributed by atoms with E-state index in [9.17, 15) is 18.0 Å². The summed E-state index contributed by atoms with van der Waals surface area (Å²) < 4.78 is 36.0. The maximum atomic E-state index is 12.0. The van der Waals surface area contributed by atoms with E-state index in [1.807, 2.05) is 0 Å². The summed E-state index contributed by atoms with van der Waals surface area (Å²) in [6.45, 7) is -0.193. The second kappa shape index (κ2) is 6.30. The number of rotatable bonds is 3. The molecule has 3 nitrogen and oxygen atoms in total. The smallest absolute Gasteiger partial charge is 0.401 e. The summed E-state index contributed by atoms with van der Waals surface area (Å²) in [7, 11) is 0. The van der Waals surface area contributed by atoms with Crippen molar-refractivity contribution in [1.82, 2.24) is 4.90 Å². The largest absolute Gasteiger partial charge is 0.481 e. The van der Waals surface area contributed by atoms with Crippen LogP contribution in [-0.4, -0.2) is 41.8 Å². The van der Waals surface area contributed by atoms with Crippen LogP contribution in [0.25, 0.3) is 0 Å². The lowest BCUT2D eigenvalue weighted by atomic mass is 9.94. The van der Waals surface area contributed by atoms with Crippen molar-refractivity contribution in [2.45, 2.75) is 25.4 Å². The molecule has 0 amide bonds. The van der Waals surface area contributed by atoms with Crippen LogP contribution in [0.5, 0.6) is 0 Å². The molecule has 0 bridgehead atoms. The zero-order valence-corrected chi connectivity index (χ0v) is 9.48. The van der Waals surface area contributed by atoms with E-state index in [0.717, 1.165) is 0 Å². The normalized spacial score (nSPS) is 19.2. The zero-order valence-electron chi connectivity index (χ0n) is 8.66. The highest BCUT2D eigenvalue weighted by molar-refractivity contribution is 5.85. The molecule has 16 heavy (non-hydrogen) atoms. The van der Waals surface area contributed by atoms with Gasteiger partial charge in [0, 0.05) is 6.42 Å². The van der Waals surface area contributed by atoms with Crippen molar-refractivity contribution in [1.29, 1.82) is 0 Å². The molecule has 1 heterocycles. The highest BCUT2D eigenvalue weighted by Crippen LogP contribution is 2.24. The molecule has 0 aromatic carbocycles. The molecule has 1 saturated heterocycles. The van der Waals surface area contributed by atoms with E-state index in [4.69, 9.17) is 5.11 Å². The van der Waals surface area contributed by atoms with Crippen LogP contribution in [0.3, 0.4) is 0 Å². The molecule has 1 N–H and O–H groups in total. The number of carboxylic acids is 1. The zero-order chi connectivity index (χ0) is 11.5. The fraction of sp³-hybridized carbons (Fsp3) is 0.889. The number of likely N-dealkylation sites (tertiary alicyclic amines) is 1. The Morgan fingerprint density at radius 1 is 1.31 bits per heavy atom. The molecule has 1 rings (SSSR count). The summed E-state index contributed by atoms with van der Waals surface area (Å²) in [4.78, 5) is 11.7. The first-order valence-electron chi connectivity index (χ1n) is 4.88. The number of hydrogen-bond acceptors (Lipinski definition) is 2. The van der Waals surface area contributed by atoms with Gasteiger partial charge in [0.15, 0.2) is 0 Å². The second-order valence-corrected chi connectivity index (χ2v) is 3.93. The lowest BCUT2D eigenvalue weighted by Gasteiger charge is -2.31. The first-order chi connectivity index (χ1) is 6.87. The van der Waals surface area contributed by atoms with Gasteiger partial charge in [0.2, 0.25) is 0 Å². The molecule has 0 aliphatic carbocycles. The molecular weight excluding hydrogens is 247 g/mol. The van der Waals surface area contributed by atoms with Crippen molar-refractivity contribution in [2.75, 3.05) is 19.6 Å². The highest BCUT2D eigenvalue weighted by Gasteiger charge is 2.32. The van der Waals surface area contributed by atoms with Crippen molar-refractivity contribution in [3.63, 3.8) is 0 Å². The number of aliphatic carboxylic acids is 1. The van der Waals surface area contributed by atoms with Gasteiger partial charge in [-0.25, -0.2) is 0 Å². The lowest BCUT2D eigenvalue weighted by Crippen LogP contribution is -2.40.